The third-order valence-electron chi connectivity index (χ3n) is 3.58. The molecule has 0 bridgehead atoms. The van der Waals surface area contributed by atoms with E-state index >= 15 is 0 Å². The molecule has 0 heterocycles. The summed E-state index contributed by atoms with van der Waals surface area (Å²) in [5.74, 6) is 0.0668. The van der Waals surface area contributed by atoms with Gasteiger partial charge < -0.3 is 5.11 Å². The minimum atomic E-state index is -0.356. The molecule has 2 aromatic carbocycles. The van der Waals surface area contributed by atoms with Crippen LogP contribution in [-0.4, -0.2) is 35.5 Å². The maximum absolute atomic E-state index is 12.9. The van der Waals surface area contributed by atoms with Gasteiger partial charge in [0.25, 0.3) is 0 Å². The molecule has 0 aliphatic rings. The number of carbonyl (C=O) groups excluding carboxylic acids is 1. The number of benzene rings is 2. The molecule has 22 heavy (non-hydrogen) atoms. The lowest BCUT2D eigenvalue weighted by molar-refractivity contribution is 0.0793. The summed E-state index contributed by atoms with van der Waals surface area (Å²) in [6.45, 7) is 3.23. The number of aliphatic hydroxyl groups excluding tert-OH is 1. The number of halogens is 1. The predicted molar refractivity (Wildman–Crippen MR) is 91.5 cm³/mol. The maximum Gasteiger partial charge on any atom is 0.184 e. The van der Waals surface area contributed by atoms with Gasteiger partial charge in [-0.2, -0.15) is 0 Å². The summed E-state index contributed by atoms with van der Waals surface area (Å²) >= 11 is 0. The first kappa shape index (κ1) is 18.4. The molecule has 0 spiro atoms. The molecule has 1 N–H and O–H groups in total. The fourth-order valence-corrected chi connectivity index (χ4v) is 2.52. The molecule has 0 amide bonds. The van der Waals surface area contributed by atoms with Crippen LogP contribution in [0.4, 0.5) is 0 Å². The van der Waals surface area contributed by atoms with E-state index in [4.69, 9.17) is 0 Å². The number of hydrogen-bond acceptors (Lipinski definition) is 3. The number of rotatable bonds is 7. The standard InChI is InChI=1S/C18H21NO2.ClH/c1-2-19(13-14-20)17(15-9-5-3-6-10-15)18(21)16-11-7-4-8-12-16;/h3-12,17,20H,2,13-14H2,1H3;1H. The van der Waals surface area contributed by atoms with Gasteiger partial charge in [-0.1, -0.05) is 67.6 Å². The third-order valence-corrected chi connectivity index (χ3v) is 3.58. The Labute approximate surface area is 138 Å². The highest BCUT2D eigenvalue weighted by Gasteiger charge is 2.27. The average molecular weight is 320 g/mol. The molecule has 0 saturated heterocycles. The molecule has 0 radical (unpaired) electrons. The number of aliphatic hydroxyl groups is 1. The zero-order chi connectivity index (χ0) is 15.1. The first-order chi connectivity index (χ1) is 10.3. The molecule has 0 fully saturated rings. The Morgan fingerprint density at radius 1 is 1.05 bits per heavy atom. The van der Waals surface area contributed by atoms with Crippen LogP contribution in [0.15, 0.2) is 60.7 Å². The summed E-state index contributed by atoms with van der Waals surface area (Å²) in [5.41, 5.74) is 1.66. The Bertz CT molecular complexity index is 560. The number of carbonyl (C=O) groups is 1. The van der Waals surface area contributed by atoms with E-state index in [2.05, 4.69) is 0 Å². The van der Waals surface area contributed by atoms with E-state index in [0.717, 1.165) is 5.56 Å². The molecule has 3 nitrogen and oxygen atoms in total. The smallest absolute Gasteiger partial charge is 0.184 e. The normalized spacial score (nSPS) is 11.8. The average Bonchev–Trinajstić information content (AvgIpc) is 2.56. The van der Waals surface area contributed by atoms with Gasteiger partial charge in [-0.05, 0) is 12.1 Å². The van der Waals surface area contributed by atoms with Crippen molar-refractivity contribution in [1.82, 2.24) is 4.90 Å². The second-order valence-corrected chi connectivity index (χ2v) is 4.90. The number of likely N-dealkylation sites (N-methyl/N-ethyl adjacent to an activating group) is 1. The molecule has 0 aliphatic heterocycles. The van der Waals surface area contributed by atoms with E-state index in [1.807, 2.05) is 72.5 Å². The first-order valence-corrected chi connectivity index (χ1v) is 7.27. The molecule has 1 unspecified atom stereocenters. The lowest BCUT2D eigenvalue weighted by Crippen LogP contribution is -2.36. The second-order valence-electron chi connectivity index (χ2n) is 4.90. The Kier molecular flexibility index (Phi) is 7.82. The van der Waals surface area contributed by atoms with E-state index in [-0.39, 0.29) is 30.8 Å². The van der Waals surface area contributed by atoms with Gasteiger partial charge in [0.1, 0.15) is 0 Å². The lowest BCUT2D eigenvalue weighted by atomic mass is 9.96. The summed E-state index contributed by atoms with van der Waals surface area (Å²) in [7, 11) is 0. The molecule has 1 atom stereocenters. The zero-order valence-corrected chi connectivity index (χ0v) is 13.5. The van der Waals surface area contributed by atoms with Crippen LogP contribution in [0.25, 0.3) is 0 Å². The minimum Gasteiger partial charge on any atom is -0.395 e. The fourth-order valence-electron chi connectivity index (χ4n) is 2.52. The van der Waals surface area contributed by atoms with Gasteiger partial charge in [0, 0.05) is 12.1 Å². The highest BCUT2D eigenvalue weighted by Crippen LogP contribution is 2.24. The number of ketones is 1. The molecule has 2 rings (SSSR count). The van der Waals surface area contributed by atoms with Gasteiger partial charge in [-0.15, -0.1) is 12.4 Å². The monoisotopic (exact) mass is 319 g/mol. The summed E-state index contributed by atoms with van der Waals surface area (Å²) in [6, 6.07) is 18.7. The minimum absolute atomic E-state index is 0. The van der Waals surface area contributed by atoms with Crippen LogP contribution in [0, 0.1) is 0 Å². The maximum atomic E-state index is 12.9. The Morgan fingerprint density at radius 2 is 1.59 bits per heavy atom. The van der Waals surface area contributed by atoms with Crippen molar-refractivity contribution in [3.8, 4) is 0 Å². The van der Waals surface area contributed by atoms with Crippen molar-refractivity contribution in [2.75, 3.05) is 19.7 Å². The van der Waals surface area contributed by atoms with Gasteiger partial charge in [0.05, 0.1) is 12.6 Å². The van der Waals surface area contributed by atoms with Gasteiger partial charge >= 0.3 is 0 Å². The molecule has 0 saturated carbocycles. The van der Waals surface area contributed by atoms with E-state index in [1.165, 1.54) is 0 Å². The Balaban J connectivity index is 0.00000242. The second kappa shape index (κ2) is 9.36. The van der Waals surface area contributed by atoms with Crippen LogP contribution in [0.3, 0.4) is 0 Å². The SMILES string of the molecule is CCN(CCO)C(C(=O)c1ccccc1)c1ccccc1.Cl. The van der Waals surface area contributed by atoms with Crippen molar-refractivity contribution in [1.29, 1.82) is 0 Å². The van der Waals surface area contributed by atoms with Crippen molar-refractivity contribution in [3.63, 3.8) is 0 Å². The summed E-state index contributed by atoms with van der Waals surface area (Å²) in [6.07, 6.45) is 0. The fraction of sp³-hybridized carbons (Fsp3) is 0.278. The molecular weight excluding hydrogens is 298 g/mol. The van der Waals surface area contributed by atoms with Gasteiger partial charge in [-0.3, -0.25) is 9.69 Å². The number of hydrogen-bond donors (Lipinski definition) is 1. The van der Waals surface area contributed by atoms with Crippen molar-refractivity contribution in [2.24, 2.45) is 0 Å². The Morgan fingerprint density at radius 3 is 2.09 bits per heavy atom. The van der Waals surface area contributed by atoms with E-state index in [1.54, 1.807) is 0 Å². The zero-order valence-electron chi connectivity index (χ0n) is 12.7. The van der Waals surface area contributed by atoms with Crippen LogP contribution >= 0.6 is 12.4 Å². The molecule has 0 aromatic heterocycles. The van der Waals surface area contributed by atoms with E-state index in [9.17, 15) is 9.90 Å². The van der Waals surface area contributed by atoms with Gasteiger partial charge in [0.15, 0.2) is 5.78 Å². The third kappa shape index (κ3) is 4.41. The summed E-state index contributed by atoms with van der Waals surface area (Å²) < 4.78 is 0. The quantitative estimate of drug-likeness (QED) is 0.796. The molecule has 0 aliphatic carbocycles. The highest BCUT2D eigenvalue weighted by atomic mass is 35.5. The first-order valence-electron chi connectivity index (χ1n) is 7.27. The lowest BCUT2D eigenvalue weighted by Gasteiger charge is -2.29. The largest absolute Gasteiger partial charge is 0.395 e. The van der Waals surface area contributed by atoms with Crippen molar-refractivity contribution in [3.05, 3.63) is 71.8 Å². The van der Waals surface area contributed by atoms with Crippen LogP contribution < -0.4 is 0 Å². The molecule has 118 valence electrons. The number of nitrogens with zero attached hydrogens (tertiary/aromatic N) is 1. The molecule has 2 aromatic rings. The number of Topliss-reactive ketones (excluding diaryl/α,β-unsaturated/α-hetero) is 1. The van der Waals surface area contributed by atoms with Gasteiger partial charge in [-0.25, -0.2) is 0 Å². The van der Waals surface area contributed by atoms with Crippen LogP contribution in [0.5, 0.6) is 0 Å². The van der Waals surface area contributed by atoms with Crippen molar-refractivity contribution < 1.29 is 9.90 Å². The summed E-state index contributed by atoms with van der Waals surface area (Å²) in [4.78, 5) is 14.9. The van der Waals surface area contributed by atoms with E-state index in [0.29, 0.717) is 18.7 Å². The van der Waals surface area contributed by atoms with Crippen molar-refractivity contribution >= 4 is 18.2 Å². The Hall–Kier alpha value is -1.68. The van der Waals surface area contributed by atoms with Gasteiger partial charge in [0.2, 0.25) is 0 Å². The molecular formula is C18H22ClNO2. The van der Waals surface area contributed by atoms with Crippen LogP contribution in [-0.2, 0) is 0 Å². The van der Waals surface area contributed by atoms with Crippen LogP contribution in [0.1, 0.15) is 28.9 Å². The van der Waals surface area contributed by atoms with Crippen molar-refractivity contribution in [2.45, 2.75) is 13.0 Å². The van der Waals surface area contributed by atoms with E-state index < -0.39 is 0 Å². The van der Waals surface area contributed by atoms with Crippen LogP contribution in [0.2, 0.25) is 0 Å². The topological polar surface area (TPSA) is 40.5 Å². The molecule has 4 heteroatoms. The predicted octanol–water partition coefficient (Wildman–Crippen LogP) is 3.35. The summed E-state index contributed by atoms with van der Waals surface area (Å²) in [5, 5.41) is 9.26. The highest BCUT2D eigenvalue weighted by molar-refractivity contribution is 6.00.